The fourth-order valence-electron chi connectivity index (χ4n) is 3.60. The van der Waals surface area contributed by atoms with E-state index < -0.39 is 53.8 Å². The fraction of sp³-hybridized carbons (Fsp3) is 0.643. The Morgan fingerprint density at radius 2 is 1.91 bits per heavy atom. The summed E-state index contributed by atoms with van der Waals surface area (Å²) in [5.41, 5.74) is 0.194. The molecule has 120 valence electrons. The van der Waals surface area contributed by atoms with E-state index in [2.05, 4.69) is 4.74 Å². The molecular weight excluding hydrogens is 296 g/mol. The van der Waals surface area contributed by atoms with Crippen molar-refractivity contribution in [1.82, 2.24) is 0 Å². The van der Waals surface area contributed by atoms with E-state index in [1.165, 1.54) is 7.11 Å². The first-order valence-electron chi connectivity index (χ1n) is 6.97. The van der Waals surface area contributed by atoms with Gasteiger partial charge in [-0.1, -0.05) is 0 Å². The Hall–Kier alpha value is -1.77. The van der Waals surface area contributed by atoms with Crippen molar-refractivity contribution in [2.45, 2.75) is 31.2 Å². The van der Waals surface area contributed by atoms with E-state index in [0.29, 0.717) is 0 Å². The van der Waals surface area contributed by atoms with E-state index in [-0.39, 0.29) is 24.2 Å². The van der Waals surface area contributed by atoms with E-state index in [1.807, 2.05) is 0 Å². The van der Waals surface area contributed by atoms with Gasteiger partial charge >= 0.3 is 11.9 Å². The number of fused-ring (bicyclic) bond motifs is 2. The number of aliphatic hydroxyl groups is 3. The van der Waals surface area contributed by atoms with E-state index in [1.54, 1.807) is 0 Å². The lowest BCUT2D eigenvalue weighted by atomic mass is 9.68. The Morgan fingerprint density at radius 1 is 1.23 bits per heavy atom. The number of rotatable bonds is 1. The monoisotopic (exact) mass is 312 g/mol. The molecule has 0 spiro atoms. The maximum Gasteiger partial charge on any atom is 0.315 e. The van der Waals surface area contributed by atoms with Gasteiger partial charge < -0.3 is 24.8 Å². The average Bonchev–Trinajstić information content (AvgIpc) is 2.81. The molecule has 0 bridgehead atoms. The zero-order valence-corrected chi connectivity index (χ0v) is 11.8. The molecule has 3 rings (SSSR count). The van der Waals surface area contributed by atoms with Gasteiger partial charge in [0.25, 0.3) is 0 Å². The number of carbonyl (C=O) groups is 3. The highest BCUT2D eigenvalue weighted by molar-refractivity contribution is 6.04. The fourth-order valence-corrected chi connectivity index (χ4v) is 3.60. The third-order valence-electron chi connectivity index (χ3n) is 4.67. The van der Waals surface area contributed by atoms with Crippen LogP contribution in [0.3, 0.4) is 0 Å². The second kappa shape index (κ2) is 5.15. The molecule has 0 aromatic heterocycles. The minimum atomic E-state index is -1.47. The Labute approximate surface area is 125 Å². The van der Waals surface area contributed by atoms with Crippen molar-refractivity contribution in [1.29, 1.82) is 0 Å². The SMILES string of the molecule is COC(=O)C1CC(=O)C2=C1C1C(CC(O)C(O)C1O)C(=O)O2. The summed E-state index contributed by atoms with van der Waals surface area (Å²) in [5, 5.41) is 29.8. The summed E-state index contributed by atoms with van der Waals surface area (Å²) in [6.45, 7) is 0. The molecule has 0 saturated heterocycles. The van der Waals surface area contributed by atoms with E-state index in [9.17, 15) is 29.7 Å². The molecule has 1 aliphatic heterocycles. The first-order valence-corrected chi connectivity index (χ1v) is 6.97. The minimum absolute atomic E-state index is 0.111. The maximum atomic E-state index is 12.0. The van der Waals surface area contributed by atoms with Gasteiger partial charge in [0, 0.05) is 12.3 Å². The second-order valence-corrected chi connectivity index (χ2v) is 5.83. The van der Waals surface area contributed by atoms with Crippen molar-refractivity contribution in [3.05, 3.63) is 11.3 Å². The molecule has 3 N–H and O–H groups in total. The van der Waals surface area contributed by atoms with Gasteiger partial charge in [-0.3, -0.25) is 14.4 Å². The van der Waals surface area contributed by atoms with Crippen LogP contribution >= 0.6 is 0 Å². The quantitative estimate of drug-likeness (QED) is 0.487. The van der Waals surface area contributed by atoms with Crippen molar-refractivity contribution in [3.63, 3.8) is 0 Å². The highest BCUT2D eigenvalue weighted by Gasteiger charge is 2.57. The van der Waals surface area contributed by atoms with Crippen molar-refractivity contribution >= 4 is 17.7 Å². The molecule has 1 fully saturated rings. The van der Waals surface area contributed by atoms with Crippen LogP contribution in [0.2, 0.25) is 0 Å². The standard InChI is InChI=1S/C14H16O8/c1-21-13(19)5-3-7(16)12-9(5)8-4(14(20)22-12)2-6(15)10(17)11(8)18/h4-6,8,10-11,15,17-18H,2-3H2,1H3. The average molecular weight is 312 g/mol. The Balaban J connectivity index is 2.07. The molecule has 8 nitrogen and oxygen atoms in total. The molecule has 1 heterocycles. The molecule has 22 heavy (non-hydrogen) atoms. The smallest absolute Gasteiger partial charge is 0.315 e. The van der Waals surface area contributed by atoms with Crippen LogP contribution < -0.4 is 0 Å². The Morgan fingerprint density at radius 3 is 2.55 bits per heavy atom. The lowest BCUT2D eigenvalue weighted by Crippen LogP contribution is -2.55. The number of Topliss-reactive ketones (excluding diaryl/α,β-unsaturated/α-hetero) is 1. The summed E-state index contributed by atoms with van der Waals surface area (Å²) in [6, 6.07) is 0. The number of aliphatic hydroxyl groups excluding tert-OH is 3. The molecule has 3 aliphatic rings. The number of methoxy groups -OCH3 is 1. The summed E-state index contributed by atoms with van der Waals surface area (Å²) >= 11 is 0. The predicted octanol–water partition coefficient (Wildman–Crippen LogP) is -1.72. The first-order chi connectivity index (χ1) is 10.4. The molecule has 6 atom stereocenters. The number of ketones is 1. The maximum absolute atomic E-state index is 12.0. The van der Waals surface area contributed by atoms with Crippen LogP contribution in [-0.2, 0) is 23.9 Å². The van der Waals surface area contributed by atoms with Crippen LogP contribution in [0.25, 0.3) is 0 Å². The normalized spacial score (nSPS) is 40.9. The second-order valence-electron chi connectivity index (χ2n) is 5.83. The first kappa shape index (κ1) is 15.1. The molecule has 6 unspecified atom stereocenters. The number of allylic oxidation sites excluding steroid dienone is 1. The summed E-state index contributed by atoms with van der Waals surface area (Å²) in [4.78, 5) is 35.9. The molecule has 0 amide bonds. The van der Waals surface area contributed by atoms with Gasteiger partial charge in [0.1, 0.15) is 6.10 Å². The summed E-state index contributed by atoms with van der Waals surface area (Å²) in [5.74, 6) is -4.94. The zero-order chi connectivity index (χ0) is 16.2. The third-order valence-corrected chi connectivity index (χ3v) is 4.67. The number of carbonyl (C=O) groups excluding carboxylic acids is 3. The van der Waals surface area contributed by atoms with Gasteiger partial charge in [-0.05, 0) is 12.0 Å². The molecule has 0 aromatic rings. The molecule has 0 radical (unpaired) electrons. The molecule has 1 saturated carbocycles. The van der Waals surface area contributed by atoms with Gasteiger partial charge in [-0.2, -0.15) is 0 Å². The Kier molecular flexibility index (Phi) is 3.54. The van der Waals surface area contributed by atoms with Crippen molar-refractivity contribution in [2.75, 3.05) is 7.11 Å². The van der Waals surface area contributed by atoms with Crippen molar-refractivity contribution in [3.8, 4) is 0 Å². The van der Waals surface area contributed by atoms with E-state index >= 15 is 0 Å². The van der Waals surface area contributed by atoms with Crippen LogP contribution in [0, 0.1) is 17.8 Å². The Bertz CT molecular complexity index is 579. The molecule has 0 aromatic carbocycles. The number of hydrogen-bond donors (Lipinski definition) is 3. The highest BCUT2D eigenvalue weighted by Crippen LogP contribution is 2.48. The number of esters is 2. The van der Waals surface area contributed by atoms with Crippen LogP contribution in [0.15, 0.2) is 11.3 Å². The van der Waals surface area contributed by atoms with Crippen LogP contribution in [0.1, 0.15) is 12.8 Å². The summed E-state index contributed by atoms with van der Waals surface area (Å²) in [6.07, 6.45) is -4.51. The largest absolute Gasteiger partial charge is 0.469 e. The van der Waals surface area contributed by atoms with Crippen LogP contribution in [-0.4, -0.2) is 58.5 Å². The van der Waals surface area contributed by atoms with Gasteiger partial charge in [0.15, 0.2) is 11.5 Å². The van der Waals surface area contributed by atoms with Crippen LogP contribution in [0.5, 0.6) is 0 Å². The van der Waals surface area contributed by atoms with Gasteiger partial charge in [0.05, 0.1) is 31.2 Å². The lowest BCUT2D eigenvalue weighted by molar-refractivity contribution is -0.169. The van der Waals surface area contributed by atoms with Crippen molar-refractivity contribution in [2.24, 2.45) is 17.8 Å². The van der Waals surface area contributed by atoms with E-state index in [4.69, 9.17) is 4.74 Å². The highest BCUT2D eigenvalue weighted by atomic mass is 16.5. The minimum Gasteiger partial charge on any atom is -0.469 e. The summed E-state index contributed by atoms with van der Waals surface area (Å²) in [7, 11) is 1.17. The molecule has 8 heteroatoms. The van der Waals surface area contributed by atoms with Gasteiger partial charge in [-0.15, -0.1) is 0 Å². The lowest BCUT2D eigenvalue weighted by Gasteiger charge is -2.43. The summed E-state index contributed by atoms with van der Waals surface area (Å²) < 4.78 is 9.69. The molecule has 2 aliphatic carbocycles. The van der Waals surface area contributed by atoms with Crippen LogP contribution in [0.4, 0.5) is 0 Å². The molecular formula is C14H16O8. The van der Waals surface area contributed by atoms with Crippen molar-refractivity contribution < 1.29 is 39.2 Å². The zero-order valence-electron chi connectivity index (χ0n) is 11.8. The third kappa shape index (κ3) is 1.98. The van der Waals surface area contributed by atoms with E-state index in [0.717, 1.165) is 0 Å². The van der Waals surface area contributed by atoms with Gasteiger partial charge in [-0.25, -0.2) is 0 Å². The topological polar surface area (TPSA) is 130 Å². The van der Waals surface area contributed by atoms with Gasteiger partial charge in [0.2, 0.25) is 0 Å². The predicted molar refractivity (Wildman–Crippen MR) is 67.9 cm³/mol. The number of hydrogen-bond acceptors (Lipinski definition) is 8. The number of ether oxygens (including phenoxy) is 2.